The first kappa shape index (κ1) is 27.6. The Labute approximate surface area is 205 Å². The predicted octanol–water partition coefficient (Wildman–Crippen LogP) is 3.03. The van der Waals surface area contributed by atoms with Crippen molar-refractivity contribution in [2.24, 2.45) is 0 Å². The monoisotopic (exact) mass is 512 g/mol. The van der Waals surface area contributed by atoms with E-state index in [0.29, 0.717) is 14.9 Å². The van der Waals surface area contributed by atoms with Crippen molar-refractivity contribution in [1.29, 1.82) is 0 Å². The maximum absolute atomic E-state index is 14.6. The maximum atomic E-state index is 14.6. The average Bonchev–Trinajstić information content (AvgIpc) is 2.76. The Balaban J connectivity index is 2.49. The summed E-state index contributed by atoms with van der Waals surface area (Å²) in [6, 6.07) is 11.0. The van der Waals surface area contributed by atoms with Crippen molar-refractivity contribution in [1.82, 2.24) is 14.5 Å². The van der Waals surface area contributed by atoms with Gasteiger partial charge in [-0.3, -0.25) is 9.59 Å². The molecule has 0 aliphatic heterocycles. The Kier molecular flexibility index (Phi) is 9.43. The molecule has 0 bridgehead atoms. The molecule has 0 fully saturated rings. The van der Waals surface area contributed by atoms with E-state index in [1.807, 2.05) is 0 Å². The van der Waals surface area contributed by atoms with Crippen LogP contribution in [0, 0.1) is 5.82 Å². The van der Waals surface area contributed by atoms with Crippen molar-refractivity contribution < 1.29 is 22.4 Å². The van der Waals surface area contributed by atoms with Crippen LogP contribution in [0.1, 0.15) is 26.3 Å². The van der Waals surface area contributed by atoms with Gasteiger partial charge in [-0.2, -0.15) is 12.7 Å². The van der Waals surface area contributed by atoms with Crippen LogP contribution in [0.2, 0.25) is 5.02 Å². The van der Waals surface area contributed by atoms with Crippen LogP contribution in [0.25, 0.3) is 0 Å². The normalized spacial score (nSPS) is 12.5. The number of hydrogen-bond acceptors (Lipinski definition) is 4. The van der Waals surface area contributed by atoms with Crippen molar-refractivity contribution in [3.8, 4) is 0 Å². The number of benzene rings is 2. The lowest BCUT2D eigenvalue weighted by atomic mass is 10.1. The van der Waals surface area contributed by atoms with Crippen molar-refractivity contribution in [2.45, 2.75) is 39.4 Å². The van der Waals surface area contributed by atoms with Crippen molar-refractivity contribution in [3.63, 3.8) is 0 Å². The second-order valence-corrected chi connectivity index (χ2v) is 10.7. The Morgan fingerprint density at radius 1 is 1.03 bits per heavy atom. The number of hydrogen-bond donors (Lipinski definition) is 1. The van der Waals surface area contributed by atoms with Crippen LogP contribution in [0.15, 0.2) is 48.5 Å². The third kappa shape index (κ3) is 6.68. The number of halogens is 2. The van der Waals surface area contributed by atoms with Crippen LogP contribution in [0.4, 0.5) is 10.1 Å². The van der Waals surface area contributed by atoms with Gasteiger partial charge in [0.15, 0.2) is 0 Å². The summed E-state index contributed by atoms with van der Waals surface area (Å²) in [5.74, 6) is -1.91. The highest BCUT2D eigenvalue weighted by atomic mass is 35.5. The molecule has 1 N–H and O–H groups in total. The topological polar surface area (TPSA) is 90.0 Å². The molecular weight excluding hydrogens is 483 g/mol. The highest BCUT2D eigenvalue weighted by Crippen LogP contribution is 2.24. The minimum Gasteiger partial charge on any atom is -0.352 e. The number of anilines is 1. The van der Waals surface area contributed by atoms with Crippen LogP contribution in [0.5, 0.6) is 0 Å². The van der Waals surface area contributed by atoms with E-state index in [1.165, 1.54) is 37.2 Å². The van der Waals surface area contributed by atoms with Gasteiger partial charge in [0.05, 0.1) is 5.69 Å². The lowest BCUT2D eigenvalue weighted by Gasteiger charge is -2.33. The zero-order valence-electron chi connectivity index (χ0n) is 19.8. The second kappa shape index (κ2) is 11.6. The smallest absolute Gasteiger partial charge is 0.304 e. The van der Waals surface area contributed by atoms with Crippen LogP contribution in [-0.2, 0) is 26.3 Å². The molecule has 11 heteroatoms. The third-order valence-electron chi connectivity index (χ3n) is 5.04. The Hall–Kier alpha value is -2.69. The Morgan fingerprint density at radius 3 is 2.18 bits per heavy atom. The molecule has 0 aliphatic carbocycles. The van der Waals surface area contributed by atoms with Crippen LogP contribution in [0.3, 0.4) is 0 Å². The summed E-state index contributed by atoms with van der Waals surface area (Å²) in [6.07, 6.45) is 0. The molecule has 0 heterocycles. The fourth-order valence-electron chi connectivity index (χ4n) is 3.15. The molecule has 2 aromatic carbocycles. The number of para-hydroxylation sites is 1. The molecule has 2 amide bonds. The molecule has 0 spiro atoms. The van der Waals surface area contributed by atoms with Crippen LogP contribution in [-0.4, -0.2) is 62.2 Å². The van der Waals surface area contributed by atoms with E-state index in [0.717, 1.165) is 10.4 Å². The van der Waals surface area contributed by atoms with E-state index in [4.69, 9.17) is 11.6 Å². The summed E-state index contributed by atoms with van der Waals surface area (Å²) in [6.45, 7) is 4.35. The molecule has 0 saturated carbocycles. The van der Waals surface area contributed by atoms with E-state index in [2.05, 4.69) is 5.32 Å². The number of nitrogens with one attached hydrogen (secondary N) is 1. The van der Waals surface area contributed by atoms with E-state index >= 15 is 0 Å². The molecule has 0 saturated heterocycles. The second-order valence-electron chi connectivity index (χ2n) is 8.20. The molecule has 8 nitrogen and oxygen atoms in total. The quantitative estimate of drug-likeness (QED) is 0.530. The van der Waals surface area contributed by atoms with Gasteiger partial charge < -0.3 is 10.2 Å². The van der Waals surface area contributed by atoms with Gasteiger partial charge in [-0.25, -0.2) is 8.70 Å². The number of rotatable bonds is 10. The first-order valence-corrected chi connectivity index (χ1v) is 12.4. The molecule has 0 aliphatic rings. The molecule has 2 rings (SSSR count). The van der Waals surface area contributed by atoms with E-state index in [-0.39, 0.29) is 18.3 Å². The number of carbonyl (C=O) groups is 2. The average molecular weight is 513 g/mol. The third-order valence-corrected chi connectivity index (χ3v) is 7.21. The largest absolute Gasteiger partial charge is 0.352 e. The van der Waals surface area contributed by atoms with Gasteiger partial charge >= 0.3 is 10.2 Å². The summed E-state index contributed by atoms with van der Waals surface area (Å²) in [5.41, 5.74) is 0.302. The highest BCUT2D eigenvalue weighted by molar-refractivity contribution is 7.90. The summed E-state index contributed by atoms with van der Waals surface area (Å²) >= 11 is 6.28. The first-order valence-electron chi connectivity index (χ1n) is 10.6. The number of nitrogens with zero attached hydrogens (tertiary/aromatic N) is 3. The zero-order chi connectivity index (χ0) is 25.6. The highest BCUT2D eigenvalue weighted by Gasteiger charge is 2.34. The van der Waals surface area contributed by atoms with Crippen LogP contribution < -0.4 is 9.62 Å². The van der Waals surface area contributed by atoms with Crippen molar-refractivity contribution >= 4 is 39.3 Å². The van der Waals surface area contributed by atoms with E-state index in [1.54, 1.807) is 45.0 Å². The van der Waals surface area contributed by atoms with E-state index < -0.39 is 40.4 Å². The minimum absolute atomic E-state index is 0.0433. The van der Waals surface area contributed by atoms with E-state index in [9.17, 15) is 22.4 Å². The lowest BCUT2D eigenvalue weighted by molar-refractivity contribution is -0.139. The molecule has 186 valence electrons. The fraction of sp³-hybridized carbons (Fsp3) is 0.391. The molecule has 0 aromatic heterocycles. The number of amides is 2. The zero-order valence-corrected chi connectivity index (χ0v) is 21.4. The van der Waals surface area contributed by atoms with Gasteiger partial charge in [0.25, 0.3) is 0 Å². The Morgan fingerprint density at radius 2 is 1.62 bits per heavy atom. The SMILES string of the molecule is CC(C)NC(=O)C(C)N(Cc1ccccc1Cl)C(=O)CN(c1ccccc1F)S(=O)(=O)N(C)C. The van der Waals surface area contributed by atoms with Gasteiger partial charge in [-0.05, 0) is 44.5 Å². The molecule has 34 heavy (non-hydrogen) atoms. The van der Waals surface area contributed by atoms with Gasteiger partial charge in [0, 0.05) is 31.7 Å². The maximum Gasteiger partial charge on any atom is 0.304 e. The molecule has 1 atom stereocenters. The molecular formula is C23H30ClFN4O4S. The van der Waals surface area contributed by atoms with Crippen LogP contribution >= 0.6 is 11.6 Å². The molecule has 0 radical (unpaired) electrons. The summed E-state index contributed by atoms with van der Waals surface area (Å²) < 4.78 is 42.2. The molecule has 1 unspecified atom stereocenters. The van der Waals surface area contributed by atoms with Gasteiger partial charge in [0.2, 0.25) is 11.8 Å². The summed E-state index contributed by atoms with van der Waals surface area (Å²) in [7, 11) is -1.67. The predicted molar refractivity (Wildman–Crippen MR) is 131 cm³/mol. The fourth-order valence-corrected chi connectivity index (χ4v) is 4.41. The van der Waals surface area contributed by atoms with Crippen molar-refractivity contribution in [3.05, 3.63) is 64.9 Å². The van der Waals surface area contributed by atoms with Gasteiger partial charge in [-0.1, -0.05) is 41.9 Å². The molecule has 2 aromatic rings. The number of carbonyl (C=O) groups excluding carboxylic acids is 2. The minimum atomic E-state index is -4.24. The Bertz CT molecular complexity index is 1130. The van der Waals surface area contributed by atoms with Gasteiger partial charge in [-0.15, -0.1) is 0 Å². The first-order chi connectivity index (χ1) is 15.9. The summed E-state index contributed by atoms with van der Waals surface area (Å²) in [5, 5.41) is 3.15. The van der Waals surface area contributed by atoms with Crippen molar-refractivity contribution in [2.75, 3.05) is 24.9 Å². The standard InChI is InChI=1S/C23H30ClFN4O4S/c1-16(2)26-23(31)17(3)28(14-18-10-6-7-11-19(18)24)22(30)15-29(34(32,33)27(4)5)21-13-9-8-12-20(21)25/h6-13,16-17H,14-15H2,1-5H3,(H,26,31). The summed E-state index contributed by atoms with van der Waals surface area (Å²) in [4.78, 5) is 27.5. The lowest BCUT2D eigenvalue weighted by Crippen LogP contribution is -2.53. The van der Waals surface area contributed by atoms with Gasteiger partial charge in [0.1, 0.15) is 18.4 Å².